The lowest BCUT2D eigenvalue weighted by molar-refractivity contribution is -0.386. The van der Waals surface area contributed by atoms with Crippen LogP contribution in [0.1, 0.15) is 74.8 Å². The van der Waals surface area contributed by atoms with Crippen molar-refractivity contribution < 1.29 is 24.0 Å². The van der Waals surface area contributed by atoms with Crippen molar-refractivity contribution in [3.8, 4) is 5.75 Å². The fraction of sp³-hybridized carbons (Fsp3) is 0.577. The Kier molecular flexibility index (Phi) is 7.19. The smallest absolute Gasteiger partial charge is 0.314 e. The van der Waals surface area contributed by atoms with E-state index in [9.17, 15) is 29.2 Å². The molecule has 1 aromatic heterocycles. The number of nitro benzene ring substituents is 1. The van der Waals surface area contributed by atoms with E-state index in [-0.39, 0.29) is 41.8 Å². The maximum absolute atomic E-state index is 14.9. The Bertz CT molecular complexity index is 1210. The molecule has 1 saturated carbocycles. The molecule has 0 spiro atoms. The van der Waals surface area contributed by atoms with Gasteiger partial charge >= 0.3 is 5.69 Å². The lowest BCUT2D eigenvalue weighted by Crippen LogP contribution is -2.49. The van der Waals surface area contributed by atoms with Crippen LogP contribution >= 0.6 is 11.3 Å². The SMILES string of the molecule is CC(=O)[C@@]1(C)CCC2c3cc([N+](=O)[O-])c(O)c(F)c3CCC2C1[C@@H](C)CCC(=O)Nc1ncc(C)s1. The van der Waals surface area contributed by atoms with Gasteiger partial charge in [0.15, 0.2) is 10.9 Å². The highest BCUT2D eigenvalue weighted by Gasteiger charge is 2.53. The number of phenolic OH excluding ortho intramolecular Hbond substituents is 1. The van der Waals surface area contributed by atoms with Crippen LogP contribution in [0.5, 0.6) is 5.75 Å². The van der Waals surface area contributed by atoms with E-state index in [2.05, 4.69) is 17.2 Å². The largest absolute Gasteiger partial charge is 0.500 e. The molecule has 1 heterocycles. The number of rotatable bonds is 7. The van der Waals surface area contributed by atoms with Gasteiger partial charge in [-0.25, -0.2) is 9.37 Å². The van der Waals surface area contributed by atoms with Crippen molar-refractivity contribution in [2.24, 2.45) is 23.2 Å². The number of carbonyl (C=O) groups excluding carboxylic acids is 2. The molecule has 4 rings (SSSR count). The number of Topliss-reactive ketones (excluding diaryl/α,β-unsaturated/α-hetero) is 1. The number of halogens is 1. The van der Waals surface area contributed by atoms with E-state index in [0.29, 0.717) is 48.4 Å². The number of hydrogen-bond acceptors (Lipinski definition) is 7. The molecule has 3 unspecified atom stereocenters. The zero-order valence-electron chi connectivity index (χ0n) is 21.0. The third-order valence-electron chi connectivity index (χ3n) is 8.48. The van der Waals surface area contributed by atoms with Crippen molar-refractivity contribution in [2.75, 3.05) is 5.32 Å². The minimum atomic E-state index is -0.909. The molecule has 5 atom stereocenters. The first kappa shape index (κ1) is 26.2. The number of benzene rings is 1. The summed E-state index contributed by atoms with van der Waals surface area (Å²) in [6.45, 7) is 7.57. The Morgan fingerprint density at radius 2 is 2.14 bits per heavy atom. The van der Waals surface area contributed by atoms with E-state index < -0.39 is 27.6 Å². The maximum Gasteiger partial charge on any atom is 0.314 e. The summed E-state index contributed by atoms with van der Waals surface area (Å²) in [6, 6.07) is 1.33. The first-order valence-corrected chi connectivity index (χ1v) is 13.2. The van der Waals surface area contributed by atoms with Gasteiger partial charge in [0, 0.05) is 29.0 Å². The van der Waals surface area contributed by atoms with E-state index in [4.69, 9.17) is 0 Å². The van der Waals surface area contributed by atoms with Crippen molar-refractivity contribution in [3.63, 3.8) is 0 Å². The number of aromatic hydroxyl groups is 1. The molecule has 1 amide bonds. The molecule has 8 nitrogen and oxygen atoms in total. The van der Waals surface area contributed by atoms with Crippen molar-refractivity contribution >= 4 is 33.8 Å². The van der Waals surface area contributed by atoms with Gasteiger partial charge in [0.2, 0.25) is 11.7 Å². The zero-order chi connectivity index (χ0) is 26.4. The Labute approximate surface area is 213 Å². The van der Waals surface area contributed by atoms with Crippen LogP contribution in [0.2, 0.25) is 0 Å². The summed E-state index contributed by atoms with van der Waals surface area (Å²) in [5, 5.41) is 24.9. The molecule has 36 heavy (non-hydrogen) atoms. The number of fused-ring (bicyclic) bond motifs is 3. The van der Waals surface area contributed by atoms with Gasteiger partial charge in [-0.15, -0.1) is 11.3 Å². The number of nitrogens with one attached hydrogen (secondary N) is 1. The first-order chi connectivity index (χ1) is 16.9. The lowest BCUT2D eigenvalue weighted by atomic mass is 9.50. The minimum Gasteiger partial charge on any atom is -0.500 e. The summed E-state index contributed by atoms with van der Waals surface area (Å²) >= 11 is 1.41. The highest BCUT2D eigenvalue weighted by atomic mass is 32.1. The molecular formula is C26H32FN3O5S. The Morgan fingerprint density at radius 1 is 1.42 bits per heavy atom. The second-order valence-corrected chi connectivity index (χ2v) is 11.8. The average Bonchev–Trinajstić information content (AvgIpc) is 3.23. The predicted molar refractivity (Wildman–Crippen MR) is 135 cm³/mol. The summed E-state index contributed by atoms with van der Waals surface area (Å²) in [5.74, 6) is -2.02. The first-order valence-electron chi connectivity index (χ1n) is 12.4. The third-order valence-corrected chi connectivity index (χ3v) is 9.31. The fourth-order valence-corrected chi connectivity index (χ4v) is 7.32. The summed E-state index contributed by atoms with van der Waals surface area (Å²) < 4.78 is 14.9. The quantitative estimate of drug-likeness (QED) is 0.348. The molecule has 2 aromatic rings. The fourth-order valence-electron chi connectivity index (χ4n) is 6.64. The molecule has 0 bridgehead atoms. The number of aryl methyl sites for hydroxylation is 1. The van der Waals surface area contributed by atoms with E-state index in [1.807, 2.05) is 13.8 Å². The number of thiazole rings is 1. The number of carbonyl (C=O) groups is 2. The van der Waals surface area contributed by atoms with E-state index in [0.717, 1.165) is 4.88 Å². The number of nitrogens with zero attached hydrogens (tertiary/aromatic N) is 2. The van der Waals surface area contributed by atoms with Gasteiger partial charge in [0.1, 0.15) is 5.78 Å². The van der Waals surface area contributed by atoms with E-state index in [1.54, 1.807) is 13.1 Å². The Morgan fingerprint density at radius 3 is 2.75 bits per heavy atom. The van der Waals surface area contributed by atoms with Crippen molar-refractivity contribution in [1.82, 2.24) is 4.98 Å². The summed E-state index contributed by atoms with van der Waals surface area (Å²) in [4.78, 5) is 41.4. The average molecular weight is 518 g/mol. The van der Waals surface area contributed by atoms with Gasteiger partial charge in [-0.3, -0.25) is 19.7 Å². The number of phenols is 1. The van der Waals surface area contributed by atoms with Crippen LogP contribution in [0.15, 0.2) is 12.3 Å². The normalized spacial score (nSPS) is 26.0. The molecule has 194 valence electrons. The van der Waals surface area contributed by atoms with Crippen LogP contribution < -0.4 is 5.32 Å². The molecule has 10 heteroatoms. The van der Waals surface area contributed by atoms with Crippen LogP contribution in [0.25, 0.3) is 0 Å². The van der Waals surface area contributed by atoms with Crippen LogP contribution in [0.3, 0.4) is 0 Å². The lowest BCUT2D eigenvalue weighted by Gasteiger charge is -2.53. The maximum atomic E-state index is 14.9. The van der Waals surface area contributed by atoms with Crippen LogP contribution in [-0.4, -0.2) is 26.7 Å². The highest BCUT2D eigenvalue weighted by Crippen LogP contribution is 2.59. The number of anilines is 1. The minimum absolute atomic E-state index is 0.0170. The Hall–Kier alpha value is -2.88. The van der Waals surface area contributed by atoms with Gasteiger partial charge in [0.05, 0.1) is 4.92 Å². The second-order valence-electron chi connectivity index (χ2n) is 10.6. The molecule has 1 aromatic carbocycles. The molecule has 2 N–H and O–H groups in total. The summed E-state index contributed by atoms with van der Waals surface area (Å²) in [6.07, 6.45) is 4.72. The monoisotopic (exact) mass is 517 g/mol. The van der Waals surface area contributed by atoms with E-state index >= 15 is 0 Å². The molecule has 0 radical (unpaired) electrons. The molecule has 1 fully saturated rings. The van der Waals surface area contributed by atoms with Crippen molar-refractivity contribution in [3.05, 3.63) is 44.2 Å². The molecular weight excluding hydrogens is 485 g/mol. The van der Waals surface area contributed by atoms with Crippen LogP contribution in [0.4, 0.5) is 15.2 Å². The number of aromatic nitrogens is 1. The topological polar surface area (TPSA) is 122 Å². The predicted octanol–water partition coefficient (Wildman–Crippen LogP) is 5.91. The van der Waals surface area contributed by atoms with Crippen molar-refractivity contribution in [2.45, 2.75) is 72.1 Å². The summed E-state index contributed by atoms with van der Waals surface area (Å²) in [5.41, 5.74) is -0.295. The number of nitro groups is 1. The molecule has 2 aliphatic rings. The Balaban J connectivity index is 1.60. The molecule has 2 aliphatic carbocycles. The number of amides is 1. The van der Waals surface area contributed by atoms with Gasteiger partial charge in [-0.05, 0) is 80.8 Å². The van der Waals surface area contributed by atoms with Crippen molar-refractivity contribution in [1.29, 1.82) is 0 Å². The molecule has 0 saturated heterocycles. The molecule has 0 aliphatic heterocycles. The van der Waals surface area contributed by atoms with Gasteiger partial charge < -0.3 is 10.4 Å². The summed E-state index contributed by atoms with van der Waals surface area (Å²) in [7, 11) is 0. The third kappa shape index (κ3) is 4.63. The standard InChI is InChI=1S/C26H32FN3O5S/c1-13(5-8-21(32)29-25-28-12-14(2)36-25)22-17-6-7-18-19(11-20(30(34)35)24(33)23(18)27)16(17)9-10-26(22,4)15(3)31/h11-13,16-17,22,33H,5-10H2,1-4H3,(H,28,29,32)/t13-,16?,17?,22?,26+/m0/s1. The van der Waals surface area contributed by atoms with Gasteiger partial charge in [-0.1, -0.05) is 13.8 Å². The van der Waals surface area contributed by atoms with Gasteiger partial charge in [-0.2, -0.15) is 0 Å². The van der Waals surface area contributed by atoms with Crippen LogP contribution in [0, 0.1) is 46.0 Å². The number of hydrogen-bond donors (Lipinski definition) is 2. The number of ketones is 1. The van der Waals surface area contributed by atoms with Crippen LogP contribution in [-0.2, 0) is 16.0 Å². The zero-order valence-corrected chi connectivity index (χ0v) is 21.8. The van der Waals surface area contributed by atoms with E-state index in [1.165, 1.54) is 17.4 Å². The van der Waals surface area contributed by atoms with Gasteiger partial charge in [0.25, 0.3) is 0 Å². The highest BCUT2D eigenvalue weighted by molar-refractivity contribution is 7.15. The second kappa shape index (κ2) is 9.88.